The average molecular weight is 255 g/mol. The Morgan fingerprint density at radius 3 is 2.86 bits per heavy atom. The Morgan fingerprint density at radius 2 is 2.29 bits per heavy atom. The van der Waals surface area contributed by atoms with E-state index in [1.165, 1.54) is 0 Å². The Morgan fingerprint density at radius 1 is 1.50 bits per heavy atom. The zero-order valence-electron chi connectivity index (χ0n) is 7.61. The van der Waals surface area contributed by atoms with Crippen LogP contribution in [-0.4, -0.2) is 18.5 Å². The minimum absolute atomic E-state index is 0.0264. The number of halogens is 1. The molecule has 1 aromatic carbocycles. The van der Waals surface area contributed by atoms with Crippen molar-refractivity contribution < 1.29 is 4.79 Å². The maximum atomic E-state index is 11.5. The molecule has 3 nitrogen and oxygen atoms in total. The molecule has 1 atom stereocenters. The van der Waals surface area contributed by atoms with Crippen LogP contribution in [0.2, 0.25) is 0 Å². The van der Waals surface area contributed by atoms with Crippen LogP contribution >= 0.6 is 15.9 Å². The highest BCUT2D eigenvalue weighted by atomic mass is 79.9. The van der Waals surface area contributed by atoms with E-state index in [-0.39, 0.29) is 11.9 Å². The van der Waals surface area contributed by atoms with Crippen molar-refractivity contribution in [3.8, 4) is 0 Å². The van der Waals surface area contributed by atoms with Crippen LogP contribution in [0.15, 0.2) is 28.7 Å². The minimum Gasteiger partial charge on any atom is -0.326 e. The molecule has 1 fully saturated rings. The standard InChI is InChI=1S/C10H11BrN2O/c11-7-2-1-3-9(4-7)13-6-8(12)5-10(13)14/h1-4,8H,5-6,12H2. The maximum Gasteiger partial charge on any atom is 0.228 e. The normalized spacial score (nSPS) is 21.7. The Bertz CT molecular complexity index is 367. The van der Waals surface area contributed by atoms with Gasteiger partial charge in [-0.25, -0.2) is 0 Å². The van der Waals surface area contributed by atoms with E-state index in [2.05, 4.69) is 15.9 Å². The van der Waals surface area contributed by atoms with Crippen LogP contribution in [0.4, 0.5) is 5.69 Å². The Kier molecular flexibility index (Phi) is 2.56. The molecule has 1 aromatic rings. The van der Waals surface area contributed by atoms with E-state index >= 15 is 0 Å². The topological polar surface area (TPSA) is 46.3 Å². The van der Waals surface area contributed by atoms with Crippen LogP contribution in [0.3, 0.4) is 0 Å². The highest BCUT2D eigenvalue weighted by Crippen LogP contribution is 2.23. The Hall–Kier alpha value is -0.870. The van der Waals surface area contributed by atoms with Gasteiger partial charge in [0.2, 0.25) is 5.91 Å². The van der Waals surface area contributed by atoms with E-state index < -0.39 is 0 Å². The van der Waals surface area contributed by atoms with Crippen molar-refractivity contribution in [2.24, 2.45) is 5.73 Å². The number of nitrogens with zero attached hydrogens (tertiary/aromatic N) is 1. The molecule has 0 saturated carbocycles. The van der Waals surface area contributed by atoms with Gasteiger partial charge in [0, 0.05) is 29.2 Å². The molecule has 1 unspecified atom stereocenters. The molecular formula is C10H11BrN2O. The predicted molar refractivity (Wildman–Crippen MR) is 59.1 cm³/mol. The van der Waals surface area contributed by atoms with Gasteiger partial charge in [0.05, 0.1) is 0 Å². The molecule has 0 aromatic heterocycles. The maximum absolute atomic E-state index is 11.5. The lowest BCUT2D eigenvalue weighted by Gasteiger charge is -2.15. The first-order valence-corrected chi connectivity index (χ1v) is 5.27. The quantitative estimate of drug-likeness (QED) is 0.826. The van der Waals surface area contributed by atoms with Gasteiger partial charge in [-0.05, 0) is 18.2 Å². The summed E-state index contributed by atoms with van der Waals surface area (Å²) < 4.78 is 0.975. The molecule has 2 N–H and O–H groups in total. The van der Waals surface area contributed by atoms with Gasteiger partial charge < -0.3 is 10.6 Å². The third kappa shape index (κ3) is 1.81. The summed E-state index contributed by atoms with van der Waals surface area (Å²) >= 11 is 3.38. The van der Waals surface area contributed by atoms with Crippen molar-refractivity contribution in [3.63, 3.8) is 0 Å². The van der Waals surface area contributed by atoms with Gasteiger partial charge in [0.25, 0.3) is 0 Å². The summed E-state index contributed by atoms with van der Waals surface area (Å²) in [5.74, 6) is 0.107. The molecule has 0 aliphatic carbocycles. The minimum atomic E-state index is -0.0264. The second-order valence-corrected chi connectivity index (χ2v) is 4.36. The molecule has 0 radical (unpaired) electrons. The molecule has 1 heterocycles. The number of hydrogen-bond donors (Lipinski definition) is 1. The lowest BCUT2D eigenvalue weighted by molar-refractivity contribution is -0.117. The summed E-state index contributed by atoms with van der Waals surface area (Å²) in [6.45, 7) is 0.620. The van der Waals surface area contributed by atoms with Crippen LogP contribution in [0.1, 0.15) is 6.42 Å². The van der Waals surface area contributed by atoms with Crippen molar-refractivity contribution in [1.29, 1.82) is 0 Å². The monoisotopic (exact) mass is 254 g/mol. The summed E-state index contributed by atoms with van der Waals surface area (Å²) in [7, 11) is 0. The van der Waals surface area contributed by atoms with Gasteiger partial charge in [-0.2, -0.15) is 0 Å². The van der Waals surface area contributed by atoms with Gasteiger partial charge in [0.15, 0.2) is 0 Å². The SMILES string of the molecule is NC1CC(=O)N(c2cccc(Br)c2)C1. The summed E-state index contributed by atoms with van der Waals surface area (Å²) in [5, 5.41) is 0. The first kappa shape index (κ1) is 9.68. The molecule has 1 amide bonds. The van der Waals surface area contributed by atoms with Crippen molar-refractivity contribution in [3.05, 3.63) is 28.7 Å². The predicted octanol–water partition coefficient (Wildman–Crippen LogP) is 1.51. The van der Waals surface area contributed by atoms with Crippen LogP contribution < -0.4 is 10.6 Å². The van der Waals surface area contributed by atoms with Crippen molar-refractivity contribution in [2.75, 3.05) is 11.4 Å². The van der Waals surface area contributed by atoms with Gasteiger partial charge in [-0.3, -0.25) is 4.79 Å². The first-order valence-electron chi connectivity index (χ1n) is 4.48. The third-order valence-electron chi connectivity index (χ3n) is 2.27. The fraction of sp³-hybridized carbons (Fsp3) is 0.300. The van der Waals surface area contributed by atoms with Crippen LogP contribution in [0.5, 0.6) is 0 Å². The third-order valence-corrected chi connectivity index (χ3v) is 2.77. The number of anilines is 1. The average Bonchev–Trinajstić information content (AvgIpc) is 2.45. The lowest BCUT2D eigenvalue weighted by atomic mass is 10.3. The lowest BCUT2D eigenvalue weighted by Crippen LogP contribution is -2.27. The molecule has 1 aliphatic rings. The van der Waals surface area contributed by atoms with E-state index in [0.717, 1.165) is 10.2 Å². The van der Waals surface area contributed by atoms with E-state index in [1.807, 2.05) is 24.3 Å². The van der Waals surface area contributed by atoms with Gasteiger partial charge in [-0.1, -0.05) is 22.0 Å². The van der Waals surface area contributed by atoms with E-state index in [1.54, 1.807) is 4.90 Å². The second-order valence-electron chi connectivity index (χ2n) is 3.45. The number of rotatable bonds is 1. The molecule has 1 aliphatic heterocycles. The summed E-state index contributed by atoms with van der Waals surface area (Å²) in [5.41, 5.74) is 6.63. The largest absolute Gasteiger partial charge is 0.326 e. The van der Waals surface area contributed by atoms with Gasteiger partial charge in [-0.15, -0.1) is 0 Å². The molecule has 1 saturated heterocycles. The molecule has 0 spiro atoms. The fourth-order valence-electron chi connectivity index (χ4n) is 1.63. The fourth-order valence-corrected chi connectivity index (χ4v) is 2.02. The molecule has 74 valence electrons. The second kappa shape index (κ2) is 3.71. The highest BCUT2D eigenvalue weighted by molar-refractivity contribution is 9.10. The zero-order chi connectivity index (χ0) is 10.1. The van der Waals surface area contributed by atoms with Gasteiger partial charge >= 0.3 is 0 Å². The highest BCUT2D eigenvalue weighted by Gasteiger charge is 2.27. The van der Waals surface area contributed by atoms with Crippen LogP contribution in [0.25, 0.3) is 0 Å². The summed E-state index contributed by atoms with van der Waals surface area (Å²) in [6.07, 6.45) is 0.451. The number of hydrogen-bond acceptors (Lipinski definition) is 2. The Balaban J connectivity index is 2.27. The number of nitrogens with two attached hydrogens (primary N) is 1. The van der Waals surface area contributed by atoms with Crippen LogP contribution in [-0.2, 0) is 4.79 Å². The first-order chi connectivity index (χ1) is 6.66. The number of amides is 1. The van der Waals surface area contributed by atoms with E-state index in [9.17, 15) is 4.79 Å². The van der Waals surface area contributed by atoms with E-state index in [0.29, 0.717) is 13.0 Å². The Labute approximate surface area is 91.0 Å². The molecule has 4 heteroatoms. The smallest absolute Gasteiger partial charge is 0.228 e. The van der Waals surface area contributed by atoms with Crippen molar-refractivity contribution >= 4 is 27.5 Å². The van der Waals surface area contributed by atoms with Crippen LogP contribution in [0, 0.1) is 0 Å². The van der Waals surface area contributed by atoms with Crippen molar-refractivity contribution in [1.82, 2.24) is 0 Å². The van der Waals surface area contributed by atoms with Gasteiger partial charge in [0.1, 0.15) is 0 Å². The molecule has 14 heavy (non-hydrogen) atoms. The zero-order valence-corrected chi connectivity index (χ0v) is 9.20. The number of carbonyl (C=O) groups is 1. The molecular weight excluding hydrogens is 244 g/mol. The summed E-state index contributed by atoms with van der Waals surface area (Å²) in [4.78, 5) is 13.3. The van der Waals surface area contributed by atoms with E-state index in [4.69, 9.17) is 5.73 Å². The van der Waals surface area contributed by atoms with Crippen molar-refractivity contribution in [2.45, 2.75) is 12.5 Å². The number of carbonyl (C=O) groups excluding carboxylic acids is 1. The summed E-state index contributed by atoms with van der Waals surface area (Å²) in [6, 6.07) is 7.67. The molecule has 2 rings (SSSR count). The number of benzene rings is 1. The molecule has 0 bridgehead atoms.